The minimum Gasteiger partial charge on any atom is -0.349 e. The second-order valence-electron chi connectivity index (χ2n) is 7.51. The number of hydrogen-bond acceptors (Lipinski definition) is 6. The van der Waals surface area contributed by atoms with Crippen LogP contribution >= 0.6 is 12.2 Å². The van der Waals surface area contributed by atoms with E-state index in [1.807, 2.05) is 38.3 Å². The highest BCUT2D eigenvalue weighted by atomic mass is 32.1. The van der Waals surface area contributed by atoms with Crippen molar-refractivity contribution in [1.82, 2.24) is 39.8 Å². The number of aryl methyl sites for hydroxylation is 3. The highest BCUT2D eigenvalue weighted by Gasteiger charge is 2.27. The molecule has 9 nitrogen and oxygen atoms in total. The Kier molecular flexibility index (Phi) is 5.03. The molecule has 3 aromatic heterocycles. The van der Waals surface area contributed by atoms with Gasteiger partial charge in [0.05, 0.1) is 18.7 Å². The molecule has 1 amide bonds. The van der Waals surface area contributed by atoms with Gasteiger partial charge < -0.3 is 5.32 Å². The molecule has 152 valence electrons. The fourth-order valence-corrected chi connectivity index (χ4v) is 3.80. The molecule has 1 aliphatic rings. The van der Waals surface area contributed by atoms with E-state index in [0.29, 0.717) is 23.3 Å². The van der Waals surface area contributed by atoms with Gasteiger partial charge in [-0.25, -0.2) is 14.6 Å². The fraction of sp³-hybridized carbons (Fsp3) is 0.474. The van der Waals surface area contributed by atoms with Gasteiger partial charge >= 0.3 is 0 Å². The summed E-state index contributed by atoms with van der Waals surface area (Å²) in [5.74, 6) is 1.20. The van der Waals surface area contributed by atoms with Gasteiger partial charge in [-0.3, -0.25) is 14.5 Å². The van der Waals surface area contributed by atoms with Gasteiger partial charge in [0.25, 0.3) is 5.95 Å². The third-order valence-corrected chi connectivity index (χ3v) is 5.36. The van der Waals surface area contributed by atoms with Crippen LogP contribution in [-0.4, -0.2) is 40.4 Å². The zero-order valence-electron chi connectivity index (χ0n) is 17.0. The van der Waals surface area contributed by atoms with Gasteiger partial charge in [0.2, 0.25) is 5.91 Å². The summed E-state index contributed by atoms with van der Waals surface area (Å²) < 4.78 is 4.32. The van der Waals surface area contributed by atoms with Crippen LogP contribution in [-0.2, 0) is 17.8 Å². The van der Waals surface area contributed by atoms with Crippen molar-refractivity contribution in [2.75, 3.05) is 0 Å². The first kappa shape index (κ1) is 19.4. The van der Waals surface area contributed by atoms with Crippen LogP contribution in [0, 0.1) is 32.5 Å². The van der Waals surface area contributed by atoms with Gasteiger partial charge in [-0.1, -0.05) is 0 Å². The molecule has 0 atom stereocenters. The van der Waals surface area contributed by atoms with E-state index in [4.69, 9.17) is 12.2 Å². The van der Waals surface area contributed by atoms with Gasteiger partial charge in [-0.05, 0) is 58.8 Å². The lowest BCUT2D eigenvalue weighted by molar-refractivity contribution is -0.120. The van der Waals surface area contributed by atoms with Crippen molar-refractivity contribution in [3.05, 3.63) is 45.0 Å². The number of rotatable bonds is 6. The van der Waals surface area contributed by atoms with E-state index in [9.17, 15) is 4.79 Å². The lowest BCUT2D eigenvalue weighted by atomic mass is 10.1. The van der Waals surface area contributed by atoms with Crippen molar-refractivity contribution in [3.63, 3.8) is 0 Å². The molecule has 2 N–H and O–H groups in total. The number of aromatic amines is 1. The largest absolute Gasteiger partial charge is 0.349 e. The van der Waals surface area contributed by atoms with Crippen LogP contribution in [0.1, 0.15) is 53.0 Å². The smallest absolute Gasteiger partial charge is 0.251 e. The molecule has 4 rings (SSSR count). The molecule has 0 saturated heterocycles. The maximum absolute atomic E-state index is 12.6. The van der Waals surface area contributed by atoms with E-state index in [0.717, 1.165) is 47.0 Å². The highest BCUT2D eigenvalue weighted by molar-refractivity contribution is 7.71. The van der Waals surface area contributed by atoms with Crippen molar-refractivity contribution >= 4 is 18.1 Å². The molecule has 3 aromatic rings. The standard InChI is InChI=1S/C19H24N8OS/c1-10-7-11(2)22-18(21-10)27-13(4)15(12(3)25-27)8-17(28)20-9-16-23-24-19(29)26(16)14-5-6-14/h7,14H,5-6,8-9H2,1-4H3,(H,20,28)(H,24,29). The number of carbonyl (C=O) groups is 1. The Bertz CT molecular complexity index is 1120. The van der Waals surface area contributed by atoms with E-state index in [1.165, 1.54) is 0 Å². The number of aromatic nitrogens is 7. The summed E-state index contributed by atoms with van der Waals surface area (Å²) in [5, 5.41) is 14.6. The first-order valence-corrected chi connectivity index (χ1v) is 10.0. The number of hydrogen-bond donors (Lipinski definition) is 2. The zero-order valence-corrected chi connectivity index (χ0v) is 17.8. The van der Waals surface area contributed by atoms with E-state index < -0.39 is 0 Å². The van der Waals surface area contributed by atoms with Crippen LogP contribution in [0.5, 0.6) is 0 Å². The molecule has 0 aliphatic heterocycles. The third-order valence-electron chi connectivity index (χ3n) is 5.07. The molecule has 0 bridgehead atoms. The molecule has 29 heavy (non-hydrogen) atoms. The van der Waals surface area contributed by atoms with Gasteiger partial charge in [0.1, 0.15) is 0 Å². The second-order valence-corrected chi connectivity index (χ2v) is 7.90. The average Bonchev–Trinajstić information content (AvgIpc) is 3.37. The molecule has 1 aliphatic carbocycles. The normalized spacial score (nSPS) is 13.7. The van der Waals surface area contributed by atoms with Gasteiger partial charge in [-0.15, -0.1) is 0 Å². The van der Waals surface area contributed by atoms with Crippen molar-refractivity contribution in [2.45, 2.75) is 59.5 Å². The quantitative estimate of drug-likeness (QED) is 0.602. The molecule has 0 spiro atoms. The first-order valence-electron chi connectivity index (χ1n) is 9.63. The number of carbonyl (C=O) groups excluding carboxylic acids is 1. The minimum absolute atomic E-state index is 0.0895. The van der Waals surface area contributed by atoms with Crippen LogP contribution in [0.2, 0.25) is 0 Å². The topological polar surface area (TPSA) is 106 Å². The van der Waals surface area contributed by atoms with Crippen molar-refractivity contribution in [2.24, 2.45) is 0 Å². The summed E-state index contributed by atoms with van der Waals surface area (Å²) in [6.07, 6.45) is 2.44. The van der Waals surface area contributed by atoms with Crippen molar-refractivity contribution < 1.29 is 4.79 Å². The molecular formula is C19H24N8OS. The van der Waals surface area contributed by atoms with Gasteiger partial charge in [0, 0.05) is 28.7 Å². The molecule has 0 aromatic carbocycles. The van der Waals surface area contributed by atoms with Crippen LogP contribution in [0.4, 0.5) is 0 Å². The molecule has 3 heterocycles. The molecule has 0 unspecified atom stereocenters. The Hall–Kier alpha value is -2.88. The summed E-state index contributed by atoms with van der Waals surface area (Å²) >= 11 is 5.28. The van der Waals surface area contributed by atoms with Crippen LogP contribution in [0.15, 0.2) is 6.07 Å². The predicted molar refractivity (Wildman–Crippen MR) is 109 cm³/mol. The lowest BCUT2D eigenvalue weighted by Crippen LogP contribution is -2.26. The van der Waals surface area contributed by atoms with Crippen LogP contribution in [0.25, 0.3) is 5.95 Å². The van der Waals surface area contributed by atoms with E-state index in [-0.39, 0.29) is 12.3 Å². The summed E-state index contributed by atoms with van der Waals surface area (Å²) in [7, 11) is 0. The Morgan fingerprint density at radius 2 is 1.93 bits per heavy atom. The molecule has 0 radical (unpaired) electrons. The Labute approximate surface area is 173 Å². The average molecular weight is 413 g/mol. The van der Waals surface area contributed by atoms with E-state index in [2.05, 4.69) is 30.6 Å². The Morgan fingerprint density at radius 3 is 2.59 bits per heavy atom. The molecular weight excluding hydrogens is 388 g/mol. The summed E-state index contributed by atoms with van der Waals surface area (Å²) in [6, 6.07) is 2.33. The van der Waals surface area contributed by atoms with E-state index >= 15 is 0 Å². The van der Waals surface area contributed by atoms with Gasteiger partial charge in [0.15, 0.2) is 10.6 Å². The van der Waals surface area contributed by atoms with Crippen molar-refractivity contribution in [1.29, 1.82) is 0 Å². The van der Waals surface area contributed by atoms with Crippen molar-refractivity contribution in [3.8, 4) is 5.95 Å². The fourth-order valence-electron chi connectivity index (χ4n) is 3.50. The lowest BCUT2D eigenvalue weighted by Gasteiger charge is -2.08. The summed E-state index contributed by atoms with van der Waals surface area (Å²) in [4.78, 5) is 21.5. The number of H-pyrrole nitrogens is 1. The first-order chi connectivity index (χ1) is 13.8. The summed E-state index contributed by atoms with van der Waals surface area (Å²) in [5.41, 5.74) is 4.29. The second kappa shape index (κ2) is 7.51. The predicted octanol–water partition coefficient (Wildman–Crippen LogP) is 2.34. The number of amides is 1. The highest BCUT2D eigenvalue weighted by Crippen LogP contribution is 2.35. The van der Waals surface area contributed by atoms with E-state index in [1.54, 1.807) is 4.68 Å². The Balaban J connectivity index is 1.49. The number of nitrogens with one attached hydrogen (secondary N) is 2. The summed E-state index contributed by atoms with van der Waals surface area (Å²) in [6.45, 7) is 8.02. The minimum atomic E-state index is -0.0895. The maximum Gasteiger partial charge on any atom is 0.251 e. The third kappa shape index (κ3) is 3.98. The zero-order chi connectivity index (χ0) is 20.7. The van der Waals surface area contributed by atoms with Gasteiger partial charge in [-0.2, -0.15) is 10.2 Å². The maximum atomic E-state index is 12.6. The molecule has 10 heteroatoms. The molecule has 1 fully saturated rings. The van der Waals surface area contributed by atoms with Crippen LogP contribution < -0.4 is 5.32 Å². The Morgan fingerprint density at radius 1 is 1.24 bits per heavy atom. The molecule has 1 saturated carbocycles. The monoisotopic (exact) mass is 412 g/mol. The SMILES string of the molecule is Cc1cc(C)nc(-n2nc(C)c(CC(=O)NCc3n[nH]c(=S)n3C3CC3)c2C)n1. The van der Waals surface area contributed by atoms with Crippen LogP contribution in [0.3, 0.4) is 0 Å². The number of nitrogens with zero attached hydrogens (tertiary/aromatic N) is 6.